The monoisotopic (exact) mass is 263 g/mol. The van der Waals surface area contributed by atoms with Crippen molar-refractivity contribution in [2.24, 2.45) is 0 Å². The van der Waals surface area contributed by atoms with Crippen LogP contribution in [0.1, 0.15) is 11.1 Å². The molecule has 2 aromatic carbocycles. The van der Waals surface area contributed by atoms with Crippen LogP contribution in [0.3, 0.4) is 0 Å². The van der Waals surface area contributed by atoms with Crippen LogP contribution in [0, 0.1) is 6.92 Å². The lowest BCUT2D eigenvalue weighted by molar-refractivity contribution is 1.34. The number of nitrogen functional groups attached to an aromatic ring is 1. The first-order valence-corrected chi connectivity index (χ1v) is 6.75. The van der Waals surface area contributed by atoms with Crippen molar-refractivity contribution < 1.29 is 0 Å². The number of anilines is 1. The van der Waals surface area contributed by atoms with Gasteiger partial charge in [0.15, 0.2) is 0 Å². The lowest BCUT2D eigenvalue weighted by Gasteiger charge is -2.06. The number of hydrogen-bond acceptors (Lipinski definition) is 2. The second-order valence-corrected chi connectivity index (χ2v) is 5.42. The summed E-state index contributed by atoms with van der Waals surface area (Å²) in [7, 11) is 0. The molecule has 0 saturated heterocycles. The van der Waals surface area contributed by atoms with Gasteiger partial charge in [0.05, 0.1) is 0 Å². The molecule has 17 heavy (non-hydrogen) atoms. The van der Waals surface area contributed by atoms with E-state index in [4.69, 9.17) is 17.3 Å². The Labute approximate surface area is 111 Å². The fraction of sp³-hybridized carbons (Fsp3) is 0.143. The van der Waals surface area contributed by atoms with Gasteiger partial charge in [0, 0.05) is 21.4 Å². The molecule has 88 valence electrons. The first kappa shape index (κ1) is 12.3. The van der Waals surface area contributed by atoms with E-state index in [9.17, 15) is 0 Å². The second kappa shape index (κ2) is 5.48. The summed E-state index contributed by atoms with van der Waals surface area (Å²) in [5.74, 6) is 0.864. The topological polar surface area (TPSA) is 26.0 Å². The summed E-state index contributed by atoms with van der Waals surface area (Å²) in [6.07, 6.45) is 0. The van der Waals surface area contributed by atoms with E-state index in [1.165, 1.54) is 10.5 Å². The van der Waals surface area contributed by atoms with Crippen LogP contribution >= 0.6 is 23.4 Å². The van der Waals surface area contributed by atoms with E-state index in [1.807, 2.05) is 30.3 Å². The van der Waals surface area contributed by atoms with Crippen molar-refractivity contribution >= 4 is 29.1 Å². The van der Waals surface area contributed by atoms with Crippen LogP contribution in [-0.4, -0.2) is 0 Å². The van der Waals surface area contributed by atoms with Gasteiger partial charge in [0.25, 0.3) is 0 Å². The molecule has 0 aliphatic carbocycles. The predicted molar refractivity (Wildman–Crippen MR) is 76.6 cm³/mol. The van der Waals surface area contributed by atoms with Crippen molar-refractivity contribution in [1.29, 1.82) is 0 Å². The molecule has 0 saturated carbocycles. The summed E-state index contributed by atoms with van der Waals surface area (Å²) < 4.78 is 0. The molecular formula is C14H14ClNS. The zero-order valence-corrected chi connectivity index (χ0v) is 11.2. The third kappa shape index (κ3) is 3.42. The number of thioether (sulfide) groups is 1. The molecule has 2 N–H and O–H groups in total. The summed E-state index contributed by atoms with van der Waals surface area (Å²) in [6.45, 7) is 2.05. The van der Waals surface area contributed by atoms with Gasteiger partial charge in [-0.2, -0.15) is 0 Å². The Balaban J connectivity index is 2.10. The minimum absolute atomic E-state index is 0.812. The van der Waals surface area contributed by atoms with Gasteiger partial charge in [0.2, 0.25) is 0 Å². The van der Waals surface area contributed by atoms with E-state index in [0.717, 1.165) is 22.0 Å². The zero-order chi connectivity index (χ0) is 12.3. The quantitative estimate of drug-likeness (QED) is 0.651. The van der Waals surface area contributed by atoms with Crippen LogP contribution in [0.15, 0.2) is 47.4 Å². The van der Waals surface area contributed by atoms with Crippen LogP contribution < -0.4 is 5.73 Å². The highest BCUT2D eigenvalue weighted by Crippen LogP contribution is 2.28. The third-order valence-corrected chi connectivity index (χ3v) is 3.82. The van der Waals surface area contributed by atoms with Gasteiger partial charge >= 0.3 is 0 Å². The normalized spacial score (nSPS) is 10.5. The third-order valence-electron chi connectivity index (χ3n) is 2.43. The van der Waals surface area contributed by atoms with E-state index in [-0.39, 0.29) is 0 Å². The highest BCUT2D eigenvalue weighted by Gasteiger charge is 2.01. The number of rotatable bonds is 3. The van der Waals surface area contributed by atoms with E-state index in [2.05, 4.69) is 19.1 Å². The molecule has 0 aliphatic rings. The maximum absolute atomic E-state index is 6.11. The summed E-state index contributed by atoms with van der Waals surface area (Å²) in [4.78, 5) is 1.18. The highest BCUT2D eigenvalue weighted by molar-refractivity contribution is 7.98. The van der Waals surface area contributed by atoms with Gasteiger partial charge < -0.3 is 5.73 Å². The molecule has 0 aliphatic heterocycles. The average Bonchev–Trinajstić information content (AvgIpc) is 2.27. The van der Waals surface area contributed by atoms with Crippen LogP contribution in [0.2, 0.25) is 5.02 Å². The maximum Gasteiger partial charge on any atom is 0.0446 e. The second-order valence-electron chi connectivity index (χ2n) is 3.96. The van der Waals surface area contributed by atoms with Crippen molar-refractivity contribution in [1.82, 2.24) is 0 Å². The van der Waals surface area contributed by atoms with Gasteiger partial charge in [-0.05, 0) is 42.3 Å². The highest BCUT2D eigenvalue weighted by atomic mass is 35.5. The van der Waals surface area contributed by atoms with Gasteiger partial charge in [-0.3, -0.25) is 0 Å². The molecule has 0 amide bonds. The number of halogens is 1. The van der Waals surface area contributed by atoms with Crippen LogP contribution in [0.4, 0.5) is 5.69 Å². The molecule has 0 heterocycles. The zero-order valence-electron chi connectivity index (χ0n) is 9.61. The molecule has 0 unspecified atom stereocenters. The van der Waals surface area contributed by atoms with E-state index < -0.39 is 0 Å². The van der Waals surface area contributed by atoms with E-state index in [0.29, 0.717) is 0 Å². The Hall–Kier alpha value is -1.12. The Morgan fingerprint density at radius 1 is 1.18 bits per heavy atom. The molecule has 0 bridgehead atoms. The molecule has 0 aromatic heterocycles. The SMILES string of the molecule is Cc1cc(N)cc(SCc2ccccc2Cl)c1. The van der Waals surface area contributed by atoms with E-state index in [1.54, 1.807) is 11.8 Å². The lowest BCUT2D eigenvalue weighted by atomic mass is 10.2. The molecule has 3 heteroatoms. The molecule has 1 nitrogen and oxygen atoms in total. The van der Waals surface area contributed by atoms with Crippen molar-refractivity contribution in [3.8, 4) is 0 Å². The Morgan fingerprint density at radius 3 is 2.65 bits per heavy atom. The van der Waals surface area contributed by atoms with Crippen molar-refractivity contribution in [2.75, 3.05) is 5.73 Å². The predicted octanol–water partition coefficient (Wildman–Crippen LogP) is 4.52. The molecule has 0 fully saturated rings. The number of aryl methyl sites for hydroxylation is 1. The summed E-state index contributed by atoms with van der Waals surface area (Å²) in [5.41, 5.74) is 8.97. The van der Waals surface area contributed by atoms with Gasteiger partial charge in [-0.25, -0.2) is 0 Å². The van der Waals surface area contributed by atoms with E-state index >= 15 is 0 Å². The van der Waals surface area contributed by atoms with Gasteiger partial charge in [-0.1, -0.05) is 29.8 Å². The first-order chi connectivity index (χ1) is 8.15. The minimum Gasteiger partial charge on any atom is -0.399 e. The average molecular weight is 264 g/mol. The lowest BCUT2D eigenvalue weighted by Crippen LogP contribution is -1.87. The number of benzene rings is 2. The van der Waals surface area contributed by atoms with Crippen LogP contribution in [0.5, 0.6) is 0 Å². The largest absolute Gasteiger partial charge is 0.399 e. The van der Waals surface area contributed by atoms with Gasteiger partial charge in [-0.15, -0.1) is 11.8 Å². The summed E-state index contributed by atoms with van der Waals surface area (Å²) in [5, 5.41) is 0.820. The minimum atomic E-state index is 0.812. The molecule has 0 spiro atoms. The maximum atomic E-state index is 6.11. The number of hydrogen-bond donors (Lipinski definition) is 1. The summed E-state index contributed by atoms with van der Waals surface area (Å²) in [6, 6.07) is 14.0. The van der Waals surface area contributed by atoms with Crippen LogP contribution in [0.25, 0.3) is 0 Å². The van der Waals surface area contributed by atoms with Crippen LogP contribution in [-0.2, 0) is 5.75 Å². The standard InChI is InChI=1S/C14H14ClNS/c1-10-6-12(16)8-13(7-10)17-9-11-4-2-3-5-14(11)15/h2-8H,9,16H2,1H3. The number of nitrogens with two attached hydrogens (primary N) is 1. The molecule has 0 atom stereocenters. The smallest absolute Gasteiger partial charge is 0.0446 e. The molecule has 2 rings (SSSR count). The Morgan fingerprint density at radius 2 is 1.94 bits per heavy atom. The molecular weight excluding hydrogens is 250 g/mol. The van der Waals surface area contributed by atoms with Crippen molar-refractivity contribution in [3.63, 3.8) is 0 Å². The van der Waals surface area contributed by atoms with Crippen molar-refractivity contribution in [2.45, 2.75) is 17.6 Å². The van der Waals surface area contributed by atoms with Crippen molar-refractivity contribution in [3.05, 3.63) is 58.6 Å². The summed E-state index contributed by atoms with van der Waals surface area (Å²) >= 11 is 7.87. The van der Waals surface area contributed by atoms with Gasteiger partial charge in [0.1, 0.15) is 0 Å². The Bertz CT molecular complexity index is 505. The molecule has 2 aromatic rings. The fourth-order valence-corrected chi connectivity index (χ4v) is 2.98. The molecule has 0 radical (unpaired) electrons. The first-order valence-electron chi connectivity index (χ1n) is 5.38. The fourth-order valence-electron chi connectivity index (χ4n) is 1.64. The Kier molecular flexibility index (Phi) is 3.97.